The number of halogens is 1. The number of fused-ring (bicyclic) bond motifs is 1. The highest BCUT2D eigenvalue weighted by molar-refractivity contribution is 5.92. The summed E-state index contributed by atoms with van der Waals surface area (Å²) >= 11 is 0. The fourth-order valence-corrected chi connectivity index (χ4v) is 4.59. The van der Waals surface area contributed by atoms with Crippen LogP contribution in [0.1, 0.15) is 42.9 Å². The predicted molar refractivity (Wildman–Crippen MR) is 128 cm³/mol. The Balaban J connectivity index is 1.81. The second-order valence-electron chi connectivity index (χ2n) is 9.29. The summed E-state index contributed by atoms with van der Waals surface area (Å²) in [6, 6.07) is 3.57. The van der Waals surface area contributed by atoms with Gasteiger partial charge in [0, 0.05) is 30.3 Å². The molecule has 1 saturated heterocycles. The number of ether oxygens (including phenoxy) is 1. The zero-order chi connectivity index (χ0) is 23.7. The number of pyridine rings is 1. The molecule has 33 heavy (non-hydrogen) atoms. The fourth-order valence-electron chi connectivity index (χ4n) is 4.59. The van der Waals surface area contributed by atoms with E-state index in [2.05, 4.69) is 34.0 Å². The second-order valence-corrected chi connectivity index (χ2v) is 9.29. The summed E-state index contributed by atoms with van der Waals surface area (Å²) in [7, 11) is 4.08. The first-order valence-electron chi connectivity index (χ1n) is 11.4. The van der Waals surface area contributed by atoms with Crippen LogP contribution in [0, 0.1) is 12.7 Å². The molecule has 8 heteroatoms. The first-order valence-corrected chi connectivity index (χ1v) is 11.4. The molecule has 1 fully saturated rings. The topological polar surface area (TPSA) is 83.4 Å². The van der Waals surface area contributed by atoms with Crippen LogP contribution in [0.2, 0.25) is 0 Å². The number of aliphatic hydroxyl groups excluding tert-OH is 1. The lowest BCUT2D eigenvalue weighted by atomic mass is 9.89. The number of aliphatic hydroxyl groups is 1. The van der Waals surface area contributed by atoms with Crippen LogP contribution in [0.5, 0.6) is 0 Å². The van der Waals surface area contributed by atoms with Crippen molar-refractivity contribution < 1.29 is 14.2 Å². The minimum atomic E-state index is -0.659. The van der Waals surface area contributed by atoms with E-state index in [1.165, 1.54) is 17.3 Å². The molecule has 0 radical (unpaired) electrons. The highest BCUT2D eigenvalue weighted by Crippen LogP contribution is 2.36. The number of hydrogen-bond acceptors (Lipinski definition) is 7. The molecule has 0 spiro atoms. The molecule has 0 aliphatic carbocycles. The van der Waals surface area contributed by atoms with Gasteiger partial charge in [-0.25, -0.2) is 14.4 Å². The van der Waals surface area contributed by atoms with Gasteiger partial charge >= 0.3 is 0 Å². The Kier molecular flexibility index (Phi) is 6.88. The minimum Gasteiger partial charge on any atom is -0.389 e. The molecule has 1 aromatic carbocycles. The van der Waals surface area contributed by atoms with E-state index in [0.717, 1.165) is 23.0 Å². The molecule has 7 nitrogen and oxygen atoms in total. The molecule has 0 amide bonds. The Labute approximate surface area is 194 Å². The first kappa shape index (κ1) is 23.5. The molecule has 3 heterocycles. The third kappa shape index (κ3) is 4.83. The maximum Gasteiger partial charge on any atom is 0.223 e. The van der Waals surface area contributed by atoms with E-state index in [1.54, 1.807) is 0 Å². The van der Waals surface area contributed by atoms with Crippen molar-refractivity contribution in [1.82, 2.24) is 19.9 Å². The summed E-state index contributed by atoms with van der Waals surface area (Å²) < 4.78 is 20.2. The molecule has 0 unspecified atom stereocenters. The summed E-state index contributed by atoms with van der Waals surface area (Å²) in [5.41, 5.74) is 5.18. The Morgan fingerprint density at radius 2 is 2.03 bits per heavy atom. The van der Waals surface area contributed by atoms with Crippen LogP contribution in [0.15, 0.2) is 24.5 Å². The van der Waals surface area contributed by atoms with E-state index in [1.807, 2.05) is 39.3 Å². The fraction of sp³-hybridized carbons (Fsp3) is 0.480. The number of aryl methyl sites for hydroxylation is 1. The van der Waals surface area contributed by atoms with Gasteiger partial charge < -0.3 is 20.1 Å². The molecule has 1 aliphatic heterocycles. The molecule has 176 valence electrons. The van der Waals surface area contributed by atoms with E-state index < -0.39 is 11.9 Å². The van der Waals surface area contributed by atoms with Crippen molar-refractivity contribution in [2.45, 2.75) is 51.8 Å². The number of hydrogen-bond donors (Lipinski definition) is 2. The van der Waals surface area contributed by atoms with Crippen molar-refractivity contribution in [2.75, 3.05) is 32.6 Å². The highest BCUT2D eigenvalue weighted by Gasteiger charge is 2.25. The molecule has 0 bridgehead atoms. The van der Waals surface area contributed by atoms with Crippen LogP contribution < -0.4 is 5.32 Å². The standard InChI is InChI=1S/C25H32FN5O2/c1-14(2)22-16(12-31(4)5)10-27-20-7-6-17(15(3)23(20)22)24-18(26)11-28-25(30-24)29-19-8-9-33-13-21(19)32/h6-7,10-11,14,19,21,32H,8-9,12-13H2,1-5H3,(H,28,29,30)/t19-,21-/m1/s1. The third-order valence-electron chi connectivity index (χ3n) is 6.12. The van der Waals surface area contributed by atoms with Crippen LogP contribution in [-0.2, 0) is 11.3 Å². The van der Waals surface area contributed by atoms with Gasteiger partial charge in [0.25, 0.3) is 0 Å². The number of nitrogens with zero attached hydrogens (tertiary/aromatic N) is 4. The van der Waals surface area contributed by atoms with Crippen LogP contribution >= 0.6 is 0 Å². The van der Waals surface area contributed by atoms with Crippen LogP contribution in [0.25, 0.3) is 22.2 Å². The molecule has 3 aromatic rings. The van der Waals surface area contributed by atoms with E-state index >= 15 is 0 Å². The smallest absolute Gasteiger partial charge is 0.223 e. The van der Waals surface area contributed by atoms with E-state index in [9.17, 15) is 9.50 Å². The van der Waals surface area contributed by atoms with Gasteiger partial charge in [0.15, 0.2) is 5.82 Å². The van der Waals surface area contributed by atoms with Crippen LogP contribution in [0.3, 0.4) is 0 Å². The molecule has 4 rings (SSSR count). The number of rotatable bonds is 6. The summed E-state index contributed by atoms with van der Waals surface area (Å²) in [4.78, 5) is 15.4. The molecule has 2 aromatic heterocycles. The average Bonchev–Trinajstić information content (AvgIpc) is 2.76. The van der Waals surface area contributed by atoms with Crippen molar-refractivity contribution in [2.24, 2.45) is 0 Å². The summed E-state index contributed by atoms with van der Waals surface area (Å²) in [5.74, 6) is 0.0846. The maximum absolute atomic E-state index is 15.0. The average molecular weight is 454 g/mol. The monoisotopic (exact) mass is 453 g/mol. The lowest BCUT2D eigenvalue weighted by Gasteiger charge is -2.28. The van der Waals surface area contributed by atoms with Gasteiger partial charge in [0.1, 0.15) is 5.69 Å². The minimum absolute atomic E-state index is 0.236. The van der Waals surface area contributed by atoms with Gasteiger partial charge in [-0.05, 0) is 56.1 Å². The lowest BCUT2D eigenvalue weighted by molar-refractivity contribution is -0.0136. The predicted octanol–water partition coefficient (Wildman–Crippen LogP) is 3.89. The van der Waals surface area contributed by atoms with E-state index in [4.69, 9.17) is 9.72 Å². The maximum atomic E-state index is 15.0. The molecule has 0 saturated carbocycles. The SMILES string of the molecule is Cc1c(-c2nc(N[C@@H]3CCOC[C@H]3O)ncc2F)ccc2ncc(CN(C)C)c(C(C)C)c12. The zero-order valence-corrected chi connectivity index (χ0v) is 19.9. The number of benzene rings is 1. The lowest BCUT2D eigenvalue weighted by Crippen LogP contribution is -2.42. The highest BCUT2D eigenvalue weighted by atomic mass is 19.1. The van der Waals surface area contributed by atoms with Gasteiger partial charge in [-0.15, -0.1) is 0 Å². The number of anilines is 1. The zero-order valence-electron chi connectivity index (χ0n) is 19.9. The van der Waals surface area contributed by atoms with Gasteiger partial charge in [0.05, 0.1) is 30.5 Å². The van der Waals surface area contributed by atoms with Crippen molar-refractivity contribution >= 4 is 16.9 Å². The van der Waals surface area contributed by atoms with Gasteiger partial charge in [0.2, 0.25) is 5.95 Å². The molecular weight excluding hydrogens is 421 g/mol. The van der Waals surface area contributed by atoms with Gasteiger partial charge in [-0.1, -0.05) is 19.9 Å². The number of nitrogens with one attached hydrogen (secondary N) is 1. The largest absolute Gasteiger partial charge is 0.389 e. The number of aromatic nitrogens is 3. The Bertz CT molecular complexity index is 1150. The van der Waals surface area contributed by atoms with Crippen molar-refractivity contribution in [3.8, 4) is 11.3 Å². The molecule has 2 N–H and O–H groups in total. The van der Waals surface area contributed by atoms with Gasteiger partial charge in [-0.2, -0.15) is 0 Å². The normalized spacial score (nSPS) is 18.9. The third-order valence-corrected chi connectivity index (χ3v) is 6.12. The molecule has 2 atom stereocenters. The van der Waals surface area contributed by atoms with E-state index in [-0.39, 0.29) is 24.3 Å². The quantitative estimate of drug-likeness (QED) is 0.586. The Morgan fingerprint density at radius 1 is 1.24 bits per heavy atom. The Morgan fingerprint density at radius 3 is 2.73 bits per heavy atom. The molecular formula is C25H32FN5O2. The van der Waals surface area contributed by atoms with Crippen molar-refractivity contribution in [3.05, 3.63) is 47.0 Å². The summed E-state index contributed by atoms with van der Waals surface area (Å²) in [6.45, 7) is 7.94. The van der Waals surface area contributed by atoms with Crippen molar-refractivity contribution in [3.63, 3.8) is 0 Å². The first-order chi connectivity index (χ1) is 15.8. The van der Waals surface area contributed by atoms with E-state index in [0.29, 0.717) is 24.5 Å². The molecule has 1 aliphatic rings. The van der Waals surface area contributed by atoms with Gasteiger partial charge in [-0.3, -0.25) is 4.98 Å². The second kappa shape index (κ2) is 9.67. The van der Waals surface area contributed by atoms with Crippen LogP contribution in [-0.4, -0.2) is 64.4 Å². The van der Waals surface area contributed by atoms with Crippen LogP contribution in [0.4, 0.5) is 10.3 Å². The summed E-state index contributed by atoms with van der Waals surface area (Å²) in [5, 5.41) is 14.4. The van der Waals surface area contributed by atoms with Crippen molar-refractivity contribution in [1.29, 1.82) is 0 Å². The Hall–Kier alpha value is -2.68. The summed E-state index contributed by atoms with van der Waals surface area (Å²) in [6.07, 6.45) is 3.10.